The van der Waals surface area contributed by atoms with Gasteiger partial charge in [-0.15, -0.1) is 0 Å². The van der Waals surface area contributed by atoms with Crippen molar-refractivity contribution in [3.05, 3.63) is 0 Å². The van der Waals surface area contributed by atoms with Crippen LogP contribution in [-0.2, 0) is 0 Å². The van der Waals surface area contributed by atoms with Crippen LogP contribution in [0.3, 0.4) is 0 Å². The Kier molecular flexibility index (Phi) is 10.3. The molecule has 0 aromatic rings. The van der Waals surface area contributed by atoms with Gasteiger partial charge in [0.05, 0.1) is 0 Å². The predicted octanol–water partition coefficient (Wildman–Crippen LogP) is 4.50. The summed E-state index contributed by atoms with van der Waals surface area (Å²) in [6.45, 7) is 7.03. The van der Waals surface area contributed by atoms with Gasteiger partial charge in [-0.05, 0) is 0 Å². The Labute approximate surface area is 108 Å². The second kappa shape index (κ2) is 9.44. The van der Waals surface area contributed by atoms with E-state index in [0.717, 1.165) is 0 Å². The fourth-order valence-electron chi connectivity index (χ4n) is 2.19. The molecule has 0 spiro atoms. The van der Waals surface area contributed by atoms with Crippen molar-refractivity contribution in [1.82, 2.24) is 0 Å². The summed E-state index contributed by atoms with van der Waals surface area (Å²) in [5.41, 5.74) is 0. The van der Waals surface area contributed by atoms with E-state index in [9.17, 15) is 0 Å². The van der Waals surface area contributed by atoms with Crippen LogP contribution in [0.2, 0.25) is 18.1 Å². The van der Waals surface area contributed by atoms with Gasteiger partial charge in [-0.25, -0.2) is 0 Å². The van der Waals surface area contributed by atoms with E-state index in [4.69, 9.17) is 0 Å². The molecule has 0 unspecified atom stereocenters. The molecule has 0 bridgehead atoms. The molecule has 80 valence electrons. The third kappa shape index (κ3) is 7.50. The van der Waals surface area contributed by atoms with Crippen molar-refractivity contribution in [2.24, 2.45) is 0 Å². The molecular formula is C12H27NaSi. The maximum atomic E-state index is 2.34. The van der Waals surface area contributed by atoms with E-state index in [1.807, 2.05) is 0 Å². The second-order valence-corrected chi connectivity index (χ2v) is 16.6. The molecule has 0 N–H and O–H groups in total. The minimum absolute atomic E-state index is 0.673. The molecule has 0 aromatic carbocycles. The van der Waals surface area contributed by atoms with Gasteiger partial charge in [-0.2, -0.15) is 0 Å². The van der Waals surface area contributed by atoms with E-state index < -0.39 is 4.63 Å². The van der Waals surface area contributed by atoms with E-state index in [1.165, 1.54) is 38.5 Å². The molecule has 0 heterocycles. The predicted molar refractivity (Wildman–Crippen MR) is 70.7 cm³/mol. The van der Waals surface area contributed by atoms with Crippen molar-refractivity contribution in [1.29, 1.82) is 0 Å². The average molecular weight is 222 g/mol. The number of hydrogen-bond donors (Lipinski definition) is 0. The minimum atomic E-state index is -0.673. The molecule has 0 atom stereocenters. The monoisotopic (exact) mass is 222 g/mol. The van der Waals surface area contributed by atoms with Crippen LogP contribution in [0.4, 0.5) is 0 Å². The molecule has 0 aliphatic heterocycles. The fraction of sp³-hybridized carbons (Fsp3) is 1.00. The van der Waals surface area contributed by atoms with Crippen molar-refractivity contribution in [2.75, 3.05) is 0 Å². The van der Waals surface area contributed by atoms with Crippen molar-refractivity contribution in [3.63, 3.8) is 0 Å². The van der Waals surface area contributed by atoms with Crippen LogP contribution in [0.15, 0.2) is 0 Å². The molecule has 0 amide bonds. The van der Waals surface area contributed by atoms with E-state index in [-0.39, 0.29) is 0 Å². The zero-order valence-electron chi connectivity index (χ0n) is 10.9. The summed E-state index contributed by atoms with van der Waals surface area (Å²) in [7, 11) is 0. The van der Waals surface area contributed by atoms with E-state index in [0.29, 0.717) is 0 Å². The first-order valence-electron chi connectivity index (χ1n) is 6.68. The van der Waals surface area contributed by atoms with E-state index >= 15 is 0 Å². The molecule has 0 saturated heterocycles. The van der Waals surface area contributed by atoms with Gasteiger partial charge >= 0.3 is 109 Å². The summed E-state index contributed by atoms with van der Waals surface area (Å²) in [5.74, 6) is 0. The van der Waals surface area contributed by atoms with E-state index in [1.54, 1.807) is 45.2 Å². The van der Waals surface area contributed by atoms with Crippen molar-refractivity contribution >= 4 is 31.7 Å². The van der Waals surface area contributed by atoms with Crippen LogP contribution in [-0.4, -0.2) is 31.7 Å². The first kappa shape index (κ1) is 15.2. The molecule has 0 aliphatic carbocycles. The summed E-state index contributed by atoms with van der Waals surface area (Å²) in [6, 6.07) is 4.95. The van der Waals surface area contributed by atoms with Gasteiger partial charge in [0.25, 0.3) is 0 Å². The van der Waals surface area contributed by atoms with Crippen LogP contribution in [0, 0.1) is 0 Å². The zero-order chi connectivity index (χ0) is 10.9. The Morgan fingerprint density at radius 2 is 1.00 bits per heavy atom. The first-order valence-corrected chi connectivity index (χ1v) is 12.8. The molecule has 0 saturated carbocycles. The van der Waals surface area contributed by atoms with Crippen molar-refractivity contribution in [2.45, 2.75) is 77.4 Å². The fourth-order valence-corrected chi connectivity index (χ4v) is 9.74. The van der Waals surface area contributed by atoms with Gasteiger partial charge in [0.15, 0.2) is 0 Å². The van der Waals surface area contributed by atoms with Crippen LogP contribution in [0.1, 0.15) is 59.3 Å². The first-order chi connectivity index (χ1) is 6.68. The number of hydrogen-bond acceptors (Lipinski definition) is 0. The Morgan fingerprint density at radius 1 is 0.714 bits per heavy atom. The van der Waals surface area contributed by atoms with Crippen LogP contribution < -0.4 is 0 Å². The molecule has 0 radical (unpaired) electrons. The Bertz CT molecular complexity index is 104. The molecule has 2 heteroatoms. The summed E-state index contributed by atoms with van der Waals surface area (Å²) < 4.78 is -0.673. The van der Waals surface area contributed by atoms with Crippen molar-refractivity contribution < 1.29 is 0 Å². The standard InChI is InChI=1S/C12H27Si.Na/c1-4-7-10-13(11-8-5-2)12-9-6-3;/h4-12H2,1-3H3;. The van der Waals surface area contributed by atoms with Gasteiger partial charge in [-0.1, -0.05) is 0 Å². The summed E-state index contributed by atoms with van der Waals surface area (Å²) >= 11 is 1.55. The topological polar surface area (TPSA) is 0 Å². The normalized spacial score (nSPS) is 12.1. The quantitative estimate of drug-likeness (QED) is 0.504. The van der Waals surface area contributed by atoms with Crippen LogP contribution in [0.25, 0.3) is 0 Å². The van der Waals surface area contributed by atoms with Gasteiger partial charge in [-0.3, -0.25) is 0 Å². The zero-order valence-corrected chi connectivity index (χ0v) is 13.9. The Balaban J connectivity index is 3.89. The number of rotatable bonds is 9. The summed E-state index contributed by atoms with van der Waals surface area (Å²) in [4.78, 5) is 0. The Hall–Kier alpha value is 1.22. The van der Waals surface area contributed by atoms with Crippen molar-refractivity contribution in [3.8, 4) is 0 Å². The molecule has 14 heavy (non-hydrogen) atoms. The summed E-state index contributed by atoms with van der Waals surface area (Å²) in [5, 5.41) is 0. The van der Waals surface area contributed by atoms with Gasteiger partial charge in [0.1, 0.15) is 0 Å². The molecule has 0 rings (SSSR count). The SMILES string of the molecule is CCCC[Si]([Na])(CCCC)CCCC. The van der Waals surface area contributed by atoms with Gasteiger partial charge in [0, 0.05) is 0 Å². The molecule has 0 fully saturated rings. The molecule has 0 aromatic heterocycles. The number of unbranched alkanes of at least 4 members (excludes halogenated alkanes) is 3. The maximum absolute atomic E-state index is 2.34. The second-order valence-electron chi connectivity index (χ2n) is 5.12. The average Bonchev–Trinajstić information content (AvgIpc) is 2.21. The van der Waals surface area contributed by atoms with Gasteiger partial charge < -0.3 is 0 Å². The molecule has 0 aliphatic rings. The Morgan fingerprint density at radius 3 is 1.21 bits per heavy atom. The van der Waals surface area contributed by atoms with Gasteiger partial charge in [0.2, 0.25) is 0 Å². The molecule has 0 nitrogen and oxygen atoms in total. The molecular weight excluding hydrogens is 195 g/mol. The third-order valence-corrected chi connectivity index (χ3v) is 12.6. The van der Waals surface area contributed by atoms with E-state index in [2.05, 4.69) is 20.8 Å². The van der Waals surface area contributed by atoms with Crippen LogP contribution >= 0.6 is 0 Å². The van der Waals surface area contributed by atoms with Crippen LogP contribution in [0.5, 0.6) is 0 Å². The third-order valence-electron chi connectivity index (χ3n) is 3.40. The summed E-state index contributed by atoms with van der Waals surface area (Å²) in [6.07, 6.45) is 8.79.